The van der Waals surface area contributed by atoms with Crippen LogP contribution in [0, 0.1) is 20.8 Å². The molecule has 156 valence electrons. The van der Waals surface area contributed by atoms with Gasteiger partial charge in [0.25, 0.3) is 5.91 Å². The molecule has 3 aromatic rings. The van der Waals surface area contributed by atoms with Crippen LogP contribution in [0.4, 0.5) is 5.13 Å². The zero-order valence-corrected chi connectivity index (χ0v) is 18.7. The number of carbonyl (C=O) groups is 1. The number of aromatic nitrogens is 1. The monoisotopic (exact) mass is 441 g/mol. The number of aryl methyl sites for hydroxylation is 3. The fourth-order valence-corrected chi connectivity index (χ4v) is 6.07. The van der Waals surface area contributed by atoms with Crippen LogP contribution in [0.5, 0.6) is 0 Å². The van der Waals surface area contributed by atoms with Crippen LogP contribution in [0.2, 0.25) is 0 Å². The van der Waals surface area contributed by atoms with Crippen LogP contribution in [0.1, 0.15) is 37.6 Å². The number of fused-ring (bicyclic) bond motifs is 1. The number of carbonyl (C=O) groups excluding carboxylic acids is 1. The van der Waals surface area contributed by atoms with E-state index in [0.717, 1.165) is 27.3 Å². The minimum Gasteiger partial charge on any atom is -0.298 e. The van der Waals surface area contributed by atoms with Crippen LogP contribution in [-0.4, -0.2) is 30.2 Å². The second kappa shape index (κ2) is 7.94. The van der Waals surface area contributed by atoms with Gasteiger partial charge in [0.05, 0.1) is 17.1 Å². The molecule has 6 nitrogen and oxygen atoms in total. The van der Waals surface area contributed by atoms with Gasteiger partial charge in [-0.25, -0.2) is 13.4 Å². The first-order valence-electron chi connectivity index (χ1n) is 9.67. The molecule has 0 spiro atoms. The first kappa shape index (κ1) is 20.7. The van der Waals surface area contributed by atoms with Crippen molar-refractivity contribution in [2.24, 2.45) is 0 Å². The summed E-state index contributed by atoms with van der Waals surface area (Å²) in [7, 11) is -3.56. The number of anilines is 1. The summed E-state index contributed by atoms with van der Waals surface area (Å²) in [6, 6.07) is 12.6. The smallest absolute Gasteiger partial charge is 0.257 e. The van der Waals surface area contributed by atoms with E-state index in [-0.39, 0.29) is 12.5 Å². The Bertz CT molecular complexity index is 1190. The third-order valence-corrected chi connectivity index (χ3v) is 7.92. The molecule has 30 heavy (non-hydrogen) atoms. The molecule has 0 saturated carbocycles. The van der Waals surface area contributed by atoms with Gasteiger partial charge in [0.1, 0.15) is 0 Å². The van der Waals surface area contributed by atoms with Crippen LogP contribution in [-0.2, 0) is 23.0 Å². The molecule has 1 aliphatic rings. The first-order chi connectivity index (χ1) is 14.2. The molecule has 0 unspecified atom stereocenters. The molecule has 2 aromatic carbocycles. The molecule has 0 fully saturated rings. The zero-order chi connectivity index (χ0) is 21.5. The summed E-state index contributed by atoms with van der Waals surface area (Å²) in [6.07, 6.45) is 0.524. The lowest BCUT2D eigenvalue weighted by Crippen LogP contribution is -2.35. The molecule has 0 saturated heterocycles. The summed E-state index contributed by atoms with van der Waals surface area (Å²) in [5, 5.41) is 3.36. The standard InChI is InChI=1S/C22H23N3O3S2/c1-14-4-6-18(7-5-14)30(27,28)25-9-8-19-20(13-25)29-22(23-19)24-21(26)17-11-15(2)10-16(3)12-17/h4-7,10-12H,8-9,13H2,1-3H3,(H,23,24,26). The van der Waals surface area contributed by atoms with E-state index in [2.05, 4.69) is 10.3 Å². The molecule has 1 amide bonds. The number of hydrogen-bond donors (Lipinski definition) is 1. The molecular weight excluding hydrogens is 418 g/mol. The van der Waals surface area contributed by atoms with Crippen LogP contribution in [0.3, 0.4) is 0 Å². The Kier molecular flexibility index (Phi) is 5.48. The highest BCUT2D eigenvalue weighted by Gasteiger charge is 2.30. The van der Waals surface area contributed by atoms with Gasteiger partial charge in [-0.1, -0.05) is 34.9 Å². The molecule has 1 aromatic heterocycles. The van der Waals surface area contributed by atoms with E-state index in [9.17, 15) is 13.2 Å². The van der Waals surface area contributed by atoms with Gasteiger partial charge in [0, 0.05) is 23.4 Å². The number of thiazole rings is 1. The van der Waals surface area contributed by atoms with Crippen molar-refractivity contribution in [2.75, 3.05) is 11.9 Å². The van der Waals surface area contributed by atoms with Gasteiger partial charge in [-0.05, 0) is 45.0 Å². The maximum Gasteiger partial charge on any atom is 0.257 e. The molecule has 1 aliphatic heterocycles. The number of sulfonamides is 1. The Labute approximate surface area is 180 Å². The lowest BCUT2D eigenvalue weighted by Gasteiger charge is -2.25. The van der Waals surface area contributed by atoms with Gasteiger partial charge in [0.15, 0.2) is 5.13 Å². The van der Waals surface area contributed by atoms with Crippen molar-refractivity contribution in [3.8, 4) is 0 Å². The lowest BCUT2D eigenvalue weighted by molar-refractivity contribution is 0.102. The highest BCUT2D eigenvalue weighted by atomic mass is 32.2. The summed E-state index contributed by atoms with van der Waals surface area (Å²) in [6.45, 7) is 6.47. The summed E-state index contributed by atoms with van der Waals surface area (Å²) in [5.74, 6) is -0.211. The number of amides is 1. The molecule has 8 heteroatoms. The highest BCUT2D eigenvalue weighted by molar-refractivity contribution is 7.89. The molecule has 1 N–H and O–H groups in total. The predicted octanol–water partition coefficient (Wildman–Crippen LogP) is 4.07. The van der Waals surface area contributed by atoms with E-state index in [0.29, 0.717) is 28.6 Å². The van der Waals surface area contributed by atoms with Crippen molar-refractivity contribution < 1.29 is 13.2 Å². The van der Waals surface area contributed by atoms with E-state index in [1.807, 2.05) is 39.0 Å². The molecule has 0 aliphatic carbocycles. The van der Waals surface area contributed by atoms with Crippen LogP contribution >= 0.6 is 11.3 Å². The average molecular weight is 442 g/mol. The van der Waals surface area contributed by atoms with Crippen molar-refractivity contribution in [3.63, 3.8) is 0 Å². The number of benzene rings is 2. The van der Waals surface area contributed by atoms with Crippen LogP contribution in [0.25, 0.3) is 0 Å². The molecule has 0 radical (unpaired) electrons. The summed E-state index contributed by atoms with van der Waals surface area (Å²) in [4.78, 5) is 18.3. The molecule has 4 rings (SSSR count). The largest absolute Gasteiger partial charge is 0.298 e. The zero-order valence-electron chi connectivity index (χ0n) is 17.1. The normalized spacial score (nSPS) is 14.4. The predicted molar refractivity (Wildman–Crippen MR) is 118 cm³/mol. The van der Waals surface area contributed by atoms with Gasteiger partial charge in [-0.15, -0.1) is 11.3 Å². The SMILES string of the molecule is Cc1ccc(S(=O)(=O)N2CCc3nc(NC(=O)c4cc(C)cc(C)c4)sc3C2)cc1. The van der Waals surface area contributed by atoms with E-state index in [1.165, 1.54) is 15.6 Å². The van der Waals surface area contributed by atoms with Gasteiger partial charge in [0.2, 0.25) is 10.0 Å². The second-order valence-corrected chi connectivity index (χ2v) is 10.6. The van der Waals surface area contributed by atoms with Crippen molar-refractivity contribution in [1.29, 1.82) is 0 Å². The minimum atomic E-state index is -3.56. The minimum absolute atomic E-state index is 0.211. The van der Waals surface area contributed by atoms with Crippen molar-refractivity contribution in [1.82, 2.24) is 9.29 Å². The molecular formula is C22H23N3O3S2. The maximum atomic E-state index is 13.0. The summed E-state index contributed by atoms with van der Waals surface area (Å²) >= 11 is 1.34. The summed E-state index contributed by atoms with van der Waals surface area (Å²) in [5.41, 5.74) is 4.50. The quantitative estimate of drug-likeness (QED) is 0.662. The Morgan fingerprint density at radius 2 is 1.70 bits per heavy atom. The third-order valence-electron chi connectivity index (χ3n) is 5.06. The topological polar surface area (TPSA) is 79.4 Å². The van der Waals surface area contributed by atoms with Crippen molar-refractivity contribution in [3.05, 3.63) is 75.3 Å². The number of nitrogens with one attached hydrogen (secondary N) is 1. The van der Waals surface area contributed by atoms with Crippen molar-refractivity contribution in [2.45, 2.75) is 38.6 Å². The Morgan fingerprint density at radius 1 is 1.03 bits per heavy atom. The van der Waals surface area contributed by atoms with Gasteiger partial charge < -0.3 is 0 Å². The van der Waals surface area contributed by atoms with Crippen LogP contribution < -0.4 is 5.32 Å². The Balaban J connectivity index is 1.52. The first-order valence-corrected chi connectivity index (χ1v) is 11.9. The number of hydrogen-bond acceptors (Lipinski definition) is 5. The van der Waals surface area contributed by atoms with Gasteiger partial charge >= 0.3 is 0 Å². The van der Waals surface area contributed by atoms with Gasteiger partial charge in [-0.2, -0.15) is 4.31 Å². The Morgan fingerprint density at radius 3 is 2.37 bits per heavy atom. The van der Waals surface area contributed by atoms with E-state index >= 15 is 0 Å². The summed E-state index contributed by atoms with van der Waals surface area (Å²) < 4.78 is 27.4. The molecule has 0 bridgehead atoms. The number of rotatable bonds is 4. The van der Waals surface area contributed by atoms with E-state index < -0.39 is 10.0 Å². The highest BCUT2D eigenvalue weighted by Crippen LogP contribution is 2.31. The van der Waals surface area contributed by atoms with E-state index in [1.54, 1.807) is 24.3 Å². The maximum absolute atomic E-state index is 13.0. The third kappa shape index (κ3) is 4.16. The molecule has 2 heterocycles. The molecule has 0 atom stereocenters. The van der Waals surface area contributed by atoms with E-state index in [4.69, 9.17) is 0 Å². The van der Waals surface area contributed by atoms with Gasteiger partial charge in [-0.3, -0.25) is 10.1 Å². The lowest BCUT2D eigenvalue weighted by atomic mass is 10.1. The fourth-order valence-electron chi connectivity index (χ4n) is 3.57. The Hall–Kier alpha value is -2.55. The van der Waals surface area contributed by atoms with Crippen molar-refractivity contribution >= 4 is 32.4 Å². The number of nitrogens with zero attached hydrogens (tertiary/aromatic N) is 2. The second-order valence-electron chi connectivity index (χ2n) is 7.62. The fraction of sp³-hybridized carbons (Fsp3) is 0.273. The average Bonchev–Trinajstić information content (AvgIpc) is 3.09. The van der Waals surface area contributed by atoms with Crippen LogP contribution in [0.15, 0.2) is 47.4 Å².